The van der Waals surface area contributed by atoms with Gasteiger partial charge in [0.2, 0.25) is 5.88 Å². The van der Waals surface area contributed by atoms with E-state index in [0.29, 0.717) is 27.9 Å². The number of hydrogen-bond acceptors (Lipinski definition) is 6. The van der Waals surface area contributed by atoms with Gasteiger partial charge >= 0.3 is 12.1 Å². The normalized spacial score (nSPS) is 13.6. The van der Waals surface area contributed by atoms with Gasteiger partial charge in [0.25, 0.3) is 0 Å². The number of hydrogen-bond donors (Lipinski definition) is 1. The Morgan fingerprint density at radius 1 is 1.02 bits per heavy atom. The quantitative estimate of drug-likeness (QED) is 0.148. The van der Waals surface area contributed by atoms with Gasteiger partial charge in [-0.3, -0.25) is 4.79 Å². The van der Waals surface area contributed by atoms with Crippen molar-refractivity contribution in [3.05, 3.63) is 81.8 Å². The fourth-order valence-corrected chi connectivity index (χ4v) is 4.08. The van der Waals surface area contributed by atoms with E-state index in [-0.39, 0.29) is 5.71 Å². The van der Waals surface area contributed by atoms with E-state index in [2.05, 4.69) is 0 Å². The highest BCUT2D eigenvalue weighted by atomic mass is 35.5. The molecule has 0 aliphatic heterocycles. The number of nitrogens with zero attached hydrogens (tertiary/aromatic N) is 1. The van der Waals surface area contributed by atoms with E-state index in [1.165, 1.54) is 11.8 Å². The second-order valence-electron chi connectivity index (χ2n) is 10.2. The van der Waals surface area contributed by atoms with Crippen LogP contribution in [0.4, 0.5) is 4.79 Å². The summed E-state index contributed by atoms with van der Waals surface area (Å²) in [4.78, 5) is 26.3. The third-order valence-corrected chi connectivity index (χ3v) is 6.08. The molecule has 1 saturated carbocycles. The lowest BCUT2D eigenvalue weighted by Crippen LogP contribution is -2.39. The van der Waals surface area contributed by atoms with E-state index >= 15 is 0 Å². The van der Waals surface area contributed by atoms with Crippen LogP contribution in [0, 0.1) is 5.41 Å². The van der Waals surface area contributed by atoms with E-state index in [1.807, 2.05) is 39.0 Å². The number of nitrogens with one attached hydrogen (secondary N) is 1. The maximum Gasteiger partial charge on any atom is 0.421 e. The van der Waals surface area contributed by atoms with Crippen molar-refractivity contribution < 1.29 is 23.8 Å². The molecule has 40 heavy (non-hydrogen) atoms. The Hall–Kier alpha value is -3.58. The lowest BCUT2D eigenvalue weighted by molar-refractivity contribution is -0.131. The molecular formula is C32H41ClN2O5. The van der Waals surface area contributed by atoms with Crippen molar-refractivity contribution in [2.45, 2.75) is 86.4 Å². The summed E-state index contributed by atoms with van der Waals surface area (Å²) in [5, 5.41) is 9.16. The monoisotopic (exact) mass is 568 g/mol. The molecule has 1 unspecified atom stereocenters. The van der Waals surface area contributed by atoms with Crippen LogP contribution in [0.25, 0.3) is 6.08 Å². The first-order chi connectivity index (χ1) is 18.9. The van der Waals surface area contributed by atoms with Crippen LogP contribution < -0.4 is 4.74 Å². The lowest BCUT2D eigenvalue weighted by atomic mass is 9.92. The predicted octanol–water partition coefficient (Wildman–Crippen LogP) is 9.08. The molecule has 0 heterocycles. The van der Waals surface area contributed by atoms with Crippen LogP contribution in [0.3, 0.4) is 0 Å². The van der Waals surface area contributed by atoms with Gasteiger partial charge in [0.1, 0.15) is 17.5 Å². The SMILES string of the molecule is CC.CC(=N)/C(=C/c1ccc(OC(C)=O)cc1)N(C(=O)OC(C)(C)C)C(OC(C)c1ccccc1Cl)=C1CCC1. The standard InChI is InChI=1S/C30H35ClN2O5.C2H6/c1-19(32)27(18-22-14-16-24(17-15-22)37-21(3)34)33(29(35)38-30(4,5)6)28(23-10-9-11-23)36-20(2)25-12-7-8-13-26(25)31;1-2/h7-8,12-18,20,32H,9-11H2,1-6H3;1-2H3/b27-18-,32-19?;. The Morgan fingerprint density at radius 2 is 1.62 bits per heavy atom. The average Bonchev–Trinajstić information content (AvgIpc) is 2.83. The van der Waals surface area contributed by atoms with E-state index in [4.69, 9.17) is 31.2 Å². The topological polar surface area (TPSA) is 88.9 Å². The number of allylic oxidation sites excluding steroid dienone is 2. The molecule has 0 aromatic heterocycles. The lowest BCUT2D eigenvalue weighted by Gasteiger charge is -2.35. The molecule has 0 spiro atoms. The molecule has 3 rings (SSSR count). The van der Waals surface area contributed by atoms with Crippen molar-refractivity contribution >= 4 is 35.5 Å². The predicted molar refractivity (Wildman–Crippen MR) is 160 cm³/mol. The zero-order chi connectivity index (χ0) is 30.0. The molecular weight excluding hydrogens is 528 g/mol. The summed E-state index contributed by atoms with van der Waals surface area (Å²) in [5.41, 5.74) is 2.13. The molecule has 1 aliphatic rings. The number of esters is 1. The molecule has 1 amide bonds. The zero-order valence-corrected chi connectivity index (χ0v) is 25.5. The Morgan fingerprint density at radius 3 is 2.10 bits per heavy atom. The van der Waals surface area contributed by atoms with Gasteiger partial charge in [0.05, 0.1) is 11.4 Å². The third kappa shape index (κ3) is 9.26. The minimum absolute atomic E-state index is 0.145. The van der Waals surface area contributed by atoms with Gasteiger partial charge in [-0.1, -0.05) is 55.8 Å². The number of benzene rings is 2. The van der Waals surface area contributed by atoms with Crippen LogP contribution in [-0.2, 0) is 14.3 Å². The van der Waals surface area contributed by atoms with Gasteiger partial charge in [-0.25, -0.2) is 9.69 Å². The first-order valence-electron chi connectivity index (χ1n) is 13.6. The highest BCUT2D eigenvalue weighted by Crippen LogP contribution is 2.37. The first kappa shape index (κ1) is 32.6. The van der Waals surface area contributed by atoms with Gasteiger partial charge in [0.15, 0.2) is 0 Å². The largest absolute Gasteiger partial charge is 0.471 e. The number of amides is 1. The molecule has 1 N–H and O–H groups in total. The summed E-state index contributed by atoms with van der Waals surface area (Å²) in [6.07, 6.45) is 3.12. The zero-order valence-electron chi connectivity index (χ0n) is 24.8. The molecule has 0 saturated heterocycles. The maximum absolute atomic E-state index is 13.7. The van der Waals surface area contributed by atoms with Crippen molar-refractivity contribution in [2.24, 2.45) is 0 Å². The van der Waals surface area contributed by atoms with Crippen LogP contribution in [0.15, 0.2) is 65.7 Å². The minimum atomic E-state index is -0.772. The van der Waals surface area contributed by atoms with Crippen molar-refractivity contribution in [1.82, 2.24) is 4.90 Å². The van der Waals surface area contributed by atoms with Crippen molar-refractivity contribution in [3.8, 4) is 5.75 Å². The molecule has 1 fully saturated rings. The van der Waals surface area contributed by atoms with Crippen molar-refractivity contribution in [1.29, 1.82) is 5.41 Å². The third-order valence-electron chi connectivity index (χ3n) is 5.74. The summed E-state index contributed by atoms with van der Waals surface area (Å²) in [7, 11) is 0. The molecule has 7 nitrogen and oxygen atoms in total. The van der Waals surface area contributed by atoms with Gasteiger partial charge in [-0.2, -0.15) is 0 Å². The average molecular weight is 569 g/mol. The number of rotatable bonds is 8. The first-order valence-corrected chi connectivity index (χ1v) is 14.0. The van der Waals surface area contributed by atoms with E-state index < -0.39 is 23.8 Å². The van der Waals surface area contributed by atoms with E-state index in [0.717, 1.165) is 30.4 Å². The summed E-state index contributed by atoms with van der Waals surface area (Å²) in [5.74, 6) is 0.343. The molecule has 216 valence electrons. The van der Waals surface area contributed by atoms with Gasteiger partial charge < -0.3 is 19.6 Å². The summed E-state index contributed by atoms with van der Waals surface area (Å²) < 4.78 is 17.4. The number of halogens is 1. The Balaban J connectivity index is 0.00000274. The van der Waals surface area contributed by atoms with Gasteiger partial charge in [0, 0.05) is 17.5 Å². The number of ether oxygens (including phenoxy) is 3. The molecule has 0 radical (unpaired) electrons. The Bertz CT molecular complexity index is 1250. The highest BCUT2D eigenvalue weighted by molar-refractivity contribution is 6.31. The number of carbonyl (C=O) groups is 2. The van der Waals surface area contributed by atoms with Crippen LogP contribution in [0.2, 0.25) is 5.02 Å². The second kappa shape index (κ2) is 14.7. The fraction of sp³-hybridized carbons (Fsp3) is 0.406. The Labute approximate surface area is 243 Å². The maximum atomic E-state index is 13.7. The molecule has 1 aliphatic carbocycles. The van der Waals surface area contributed by atoms with Gasteiger partial charge in [-0.15, -0.1) is 0 Å². The highest BCUT2D eigenvalue weighted by Gasteiger charge is 2.34. The molecule has 2 aromatic carbocycles. The van der Waals surface area contributed by atoms with Crippen LogP contribution in [-0.4, -0.2) is 28.3 Å². The second-order valence-corrected chi connectivity index (χ2v) is 10.6. The fourth-order valence-electron chi connectivity index (χ4n) is 3.79. The summed E-state index contributed by atoms with van der Waals surface area (Å²) >= 11 is 6.45. The molecule has 0 bridgehead atoms. The summed E-state index contributed by atoms with van der Waals surface area (Å²) in [6, 6.07) is 14.2. The summed E-state index contributed by atoms with van der Waals surface area (Å²) in [6.45, 7) is 14.2. The smallest absolute Gasteiger partial charge is 0.421 e. The minimum Gasteiger partial charge on any atom is -0.471 e. The van der Waals surface area contributed by atoms with Crippen molar-refractivity contribution in [2.75, 3.05) is 0 Å². The molecule has 1 atom stereocenters. The van der Waals surface area contributed by atoms with Crippen LogP contribution >= 0.6 is 11.6 Å². The number of carbonyl (C=O) groups excluding carboxylic acids is 2. The van der Waals surface area contributed by atoms with E-state index in [9.17, 15) is 9.59 Å². The molecule has 8 heteroatoms. The van der Waals surface area contributed by atoms with Crippen LogP contribution in [0.5, 0.6) is 5.75 Å². The van der Waals surface area contributed by atoms with Crippen LogP contribution in [0.1, 0.15) is 91.9 Å². The van der Waals surface area contributed by atoms with E-state index in [1.54, 1.807) is 64.1 Å². The Kier molecular flexibility index (Phi) is 12.0. The molecule has 2 aromatic rings. The van der Waals surface area contributed by atoms with Gasteiger partial charge in [-0.05, 0) is 89.3 Å². The van der Waals surface area contributed by atoms with Crippen molar-refractivity contribution in [3.63, 3.8) is 0 Å².